The average molecular weight is 385 g/mol. The van der Waals surface area contributed by atoms with E-state index in [1.165, 1.54) is 0 Å². The van der Waals surface area contributed by atoms with Gasteiger partial charge < -0.3 is 4.74 Å². The molecule has 4 nitrogen and oxygen atoms in total. The third-order valence-corrected chi connectivity index (χ3v) is 5.89. The van der Waals surface area contributed by atoms with Crippen molar-refractivity contribution in [1.29, 1.82) is 0 Å². The molecule has 0 aliphatic carbocycles. The molecule has 4 aromatic rings. The van der Waals surface area contributed by atoms with Crippen LogP contribution in [0.25, 0.3) is 22.3 Å². The van der Waals surface area contributed by atoms with E-state index in [1.807, 2.05) is 46.8 Å². The first kappa shape index (κ1) is 17.2. The number of para-hydroxylation sites is 1. The van der Waals surface area contributed by atoms with Gasteiger partial charge in [0.2, 0.25) is 0 Å². The van der Waals surface area contributed by atoms with Crippen LogP contribution in [0.5, 0.6) is 0 Å². The molecule has 1 atom stereocenters. The van der Waals surface area contributed by atoms with Crippen molar-refractivity contribution in [2.75, 3.05) is 12.4 Å². The zero-order valence-corrected chi connectivity index (χ0v) is 16.0. The Morgan fingerprint density at radius 3 is 2.25 bits per heavy atom. The van der Waals surface area contributed by atoms with E-state index in [1.54, 1.807) is 0 Å². The lowest BCUT2D eigenvalue weighted by atomic mass is 9.99. The second kappa shape index (κ2) is 7.62. The lowest BCUT2D eigenvalue weighted by Crippen LogP contribution is -2.13. The van der Waals surface area contributed by atoms with Crippen LogP contribution in [-0.2, 0) is 4.74 Å². The van der Waals surface area contributed by atoms with Gasteiger partial charge in [-0.05, 0) is 17.7 Å². The number of ether oxygens (including phenoxy) is 1. The largest absolute Gasteiger partial charge is 0.362 e. The molecule has 0 bridgehead atoms. The molecule has 0 radical (unpaired) electrons. The maximum Gasteiger partial charge on any atom is 0.131 e. The highest BCUT2D eigenvalue weighted by atomic mass is 32.2. The van der Waals surface area contributed by atoms with Gasteiger partial charge in [0.1, 0.15) is 11.0 Å². The summed E-state index contributed by atoms with van der Waals surface area (Å²) in [5.74, 6) is 0.987. The van der Waals surface area contributed by atoms with Crippen molar-refractivity contribution in [2.24, 2.45) is 0 Å². The molecule has 3 aromatic carbocycles. The second-order valence-corrected chi connectivity index (χ2v) is 7.73. The van der Waals surface area contributed by atoms with Gasteiger partial charge in [0.05, 0.1) is 17.8 Å². The van der Waals surface area contributed by atoms with E-state index in [2.05, 4.69) is 64.9 Å². The molecule has 1 fully saturated rings. The van der Waals surface area contributed by atoms with Crippen molar-refractivity contribution in [1.82, 2.24) is 15.0 Å². The number of nitrogens with zero attached hydrogens (tertiary/aromatic N) is 3. The molecule has 0 amide bonds. The van der Waals surface area contributed by atoms with Gasteiger partial charge in [0, 0.05) is 16.9 Å². The van der Waals surface area contributed by atoms with Gasteiger partial charge >= 0.3 is 0 Å². The first-order chi connectivity index (χ1) is 13.9. The van der Waals surface area contributed by atoms with Crippen LogP contribution in [0.4, 0.5) is 0 Å². The third-order valence-electron chi connectivity index (χ3n) is 4.81. The zero-order chi connectivity index (χ0) is 18.8. The maximum absolute atomic E-state index is 6.13. The fraction of sp³-hybridized carbons (Fsp3) is 0.130. The summed E-state index contributed by atoms with van der Waals surface area (Å²) in [4.78, 5) is 0. The predicted molar refractivity (Wildman–Crippen MR) is 115 cm³/mol. The Morgan fingerprint density at radius 2 is 1.54 bits per heavy atom. The van der Waals surface area contributed by atoms with Gasteiger partial charge in [-0.25, -0.2) is 4.68 Å². The van der Waals surface area contributed by atoms with Crippen molar-refractivity contribution in [3.8, 4) is 0 Å². The number of thioether (sulfide) groups is 1. The summed E-state index contributed by atoms with van der Waals surface area (Å²) in [6.45, 7) is 0.756. The monoisotopic (exact) mass is 385 g/mol. The van der Waals surface area contributed by atoms with Crippen LogP contribution in [0.3, 0.4) is 0 Å². The quantitative estimate of drug-likeness (QED) is 0.467. The SMILES string of the molecule is c1ccc(/C(=C(/c2ccccc2)n2nnc3ccccc32)C2OCCS2)cc1. The molecule has 5 heteroatoms. The molecule has 5 rings (SSSR count). The van der Waals surface area contributed by atoms with Crippen LogP contribution in [0.15, 0.2) is 84.9 Å². The Labute approximate surface area is 167 Å². The summed E-state index contributed by atoms with van der Waals surface area (Å²) in [6, 6.07) is 28.9. The minimum atomic E-state index is -0.0411. The Hall–Kier alpha value is -2.89. The van der Waals surface area contributed by atoms with Crippen molar-refractivity contribution in [2.45, 2.75) is 5.44 Å². The van der Waals surface area contributed by atoms with Crippen LogP contribution in [0.1, 0.15) is 11.1 Å². The summed E-state index contributed by atoms with van der Waals surface area (Å²) in [6.07, 6.45) is 0. The average Bonchev–Trinajstić information content (AvgIpc) is 3.43. The highest BCUT2D eigenvalue weighted by Gasteiger charge is 2.28. The normalized spacial score (nSPS) is 17.6. The highest BCUT2D eigenvalue weighted by Crippen LogP contribution is 2.39. The number of benzene rings is 3. The molecule has 1 saturated heterocycles. The van der Waals surface area contributed by atoms with Crippen LogP contribution < -0.4 is 0 Å². The molecular formula is C23H19N3OS. The molecule has 1 aliphatic rings. The van der Waals surface area contributed by atoms with E-state index in [4.69, 9.17) is 4.74 Å². The molecule has 138 valence electrons. The Balaban J connectivity index is 1.85. The highest BCUT2D eigenvalue weighted by molar-refractivity contribution is 8.00. The first-order valence-corrected chi connectivity index (χ1v) is 10.4. The van der Waals surface area contributed by atoms with Crippen LogP contribution >= 0.6 is 11.8 Å². The first-order valence-electron chi connectivity index (χ1n) is 9.31. The molecule has 2 heterocycles. The number of rotatable bonds is 4. The Bertz CT molecular complexity index is 1120. The molecule has 0 spiro atoms. The minimum Gasteiger partial charge on any atom is -0.362 e. The topological polar surface area (TPSA) is 39.9 Å². The molecule has 0 N–H and O–H groups in total. The lowest BCUT2D eigenvalue weighted by Gasteiger charge is -2.21. The second-order valence-electron chi connectivity index (χ2n) is 6.56. The fourth-order valence-electron chi connectivity index (χ4n) is 3.55. The van der Waals surface area contributed by atoms with E-state index < -0.39 is 0 Å². The van der Waals surface area contributed by atoms with Gasteiger partial charge in [-0.1, -0.05) is 78.0 Å². The minimum absolute atomic E-state index is 0.0411. The van der Waals surface area contributed by atoms with Crippen LogP contribution in [-0.4, -0.2) is 32.8 Å². The molecule has 1 unspecified atom stereocenters. The summed E-state index contributed by atoms with van der Waals surface area (Å²) in [7, 11) is 0. The van der Waals surface area contributed by atoms with Crippen molar-refractivity contribution >= 4 is 34.1 Å². The molecule has 1 aromatic heterocycles. The number of hydrogen-bond donors (Lipinski definition) is 0. The van der Waals surface area contributed by atoms with E-state index in [9.17, 15) is 0 Å². The van der Waals surface area contributed by atoms with Gasteiger partial charge in [-0.2, -0.15) is 0 Å². The standard InChI is InChI=1S/C23H19N3OS/c1-3-9-17(10-4-1)21(23-27-15-16-28-23)22(18-11-5-2-6-12-18)26-20-14-8-7-13-19(20)24-25-26/h1-14,23H,15-16H2/b22-21+. The van der Waals surface area contributed by atoms with Crippen LogP contribution in [0.2, 0.25) is 0 Å². The summed E-state index contributed by atoms with van der Waals surface area (Å²) in [5.41, 5.74) is 6.19. The Kier molecular flexibility index (Phi) is 4.69. The van der Waals surface area contributed by atoms with Crippen molar-refractivity contribution in [3.05, 3.63) is 96.1 Å². The van der Waals surface area contributed by atoms with Gasteiger partial charge in [-0.15, -0.1) is 16.9 Å². The van der Waals surface area contributed by atoms with Gasteiger partial charge in [0.15, 0.2) is 0 Å². The van der Waals surface area contributed by atoms with E-state index in [0.29, 0.717) is 0 Å². The molecular weight excluding hydrogens is 366 g/mol. The number of aromatic nitrogens is 3. The molecule has 28 heavy (non-hydrogen) atoms. The zero-order valence-electron chi connectivity index (χ0n) is 15.2. The summed E-state index contributed by atoms with van der Waals surface area (Å²) in [5, 5.41) is 8.93. The predicted octanol–water partition coefficient (Wildman–Crippen LogP) is 4.94. The van der Waals surface area contributed by atoms with Crippen LogP contribution in [0, 0.1) is 0 Å². The smallest absolute Gasteiger partial charge is 0.131 e. The number of fused-ring (bicyclic) bond motifs is 1. The molecule has 1 aliphatic heterocycles. The summed E-state index contributed by atoms with van der Waals surface area (Å²) < 4.78 is 8.08. The third kappa shape index (κ3) is 3.13. The Morgan fingerprint density at radius 1 is 0.857 bits per heavy atom. The maximum atomic E-state index is 6.13. The summed E-state index contributed by atoms with van der Waals surface area (Å²) >= 11 is 1.83. The van der Waals surface area contributed by atoms with Gasteiger partial charge in [0.25, 0.3) is 0 Å². The van der Waals surface area contributed by atoms with Gasteiger partial charge in [-0.3, -0.25) is 0 Å². The van der Waals surface area contributed by atoms with Crippen molar-refractivity contribution in [3.63, 3.8) is 0 Å². The number of hydrogen-bond acceptors (Lipinski definition) is 4. The fourth-order valence-corrected chi connectivity index (χ4v) is 4.56. The van der Waals surface area contributed by atoms with E-state index in [0.717, 1.165) is 45.8 Å². The van der Waals surface area contributed by atoms with Crippen molar-refractivity contribution < 1.29 is 4.74 Å². The molecule has 0 saturated carbocycles. The van der Waals surface area contributed by atoms with E-state index >= 15 is 0 Å². The van der Waals surface area contributed by atoms with E-state index in [-0.39, 0.29) is 5.44 Å². The lowest BCUT2D eigenvalue weighted by molar-refractivity contribution is 0.178.